The van der Waals surface area contributed by atoms with Crippen LogP contribution < -0.4 is 10.5 Å². The van der Waals surface area contributed by atoms with Crippen LogP contribution in [0.5, 0.6) is 5.75 Å². The average Bonchev–Trinajstić information content (AvgIpc) is 3.34. The van der Waals surface area contributed by atoms with Gasteiger partial charge in [-0.05, 0) is 55.2 Å². The van der Waals surface area contributed by atoms with Gasteiger partial charge in [0.15, 0.2) is 0 Å². The number of benzene rings is 2. The molecule has 10 heteroatoms. The normalized spacial score (nSPS) is 15.1. The minimum Gasteiger partial charge on any atom is -0.493 e. The number of halogens is 1. The molecule has 9 nitrogen and oxygen atoms in total. The quantitative estimate of drug-likeness (QED) is 0.354. The molecule has 2 aromatic carbocycles. The summed E-state index contributed by atoms with van der Waals surface area (Å²) in [5, 5.41) is 0. The number of ether oxygens (including phenoxy) is 2. The lowest BCUT2D eigenvalue weighted by atomic mass is 10.1. The lowest BCUT2D eigenvalue weighted by molar-refractivity contribution is -0.141. The Labute approximate surface area is 217 Å². The number of hydrogen-bond acceptors (Lipinski definition) is 6. The van der Waals surface area contributed by atoms with E-state index in [1.54, 1.807) is 23.1 Å². The molecule has 0 bridgehead atoms. The summed E-state index contributed by atoms with van der Waals surface area (Å²) in [4.78, 5) is 52.5. The van der Waals surface area contributed by atoms with Crippen molar-refractivity contribution in [1.29, 1.82) is 0 Å². The van der Waals surface area contributed by atoms with Crippen LogP contribution in [0.2, 0.25) is 0 Å². The summed E-state index contributed by atoms with van der Waals surface area (Å²) in [5.74, 6) is -0.911. The van der Waals surface area contributed by atoms with Gasteiger partial charge in [-0.15, -0.1) is 0 Å². The zero-order valence-corrected chi connectivity index (χ0v) is 21.8. The Kier molecular flexibility index (Phi) is 7.63. The fraction of sp³-hybridized carbons (Fsp3) is 0.385. The Morgan fingerprint density at radius 2 is 1.92 bits per heavy atom. The third kappa shape index (κ3) is 5.09. The highest BCUT2D eigenvalue weighted by Crippen LogP contribution is 2.33. The Bertz CT molecular complexity index is 1230. The van der Waals surface area contributed by atoms with E-state index in [4.69, 9.17) is 10.5 Å². The standard InChI is InChI=1S/C26H28BrN3O6/c1-15-11-18-16(12-20(15)27)13-29(25(18)33)9-4-10-36-22-6-3-5-17-19(22)14-30(26(17)34)21(24(28)32)7-8-23(31)35-2/h3,5-6,11-12,21H,4,7-10,13-14H2,1-2H3,(H2,28,32)/t21-/m0/s1. The van der Waals surface area contributed by atoms with Crippen LogP contribution in [0.3, 0.4) is 0 Å². The van der Waals surface area contributed by atoms with Gasteiger partial charge in [0.2, 0.25) is 5.91 Å². The van der Waals surface area contributed by atoms with Crippen molar-refractivity contribution in [3.63, 3.8) is 0 Å². The first-order valence-electron chi connectivity index (χ1n) is 11.7. The molecule has 2 aliphatic heterocycles. The Morgan fingerprint density at radius 3 is 2.64 bits per heavy atom. The molecular weight excluding hydrogens is 530 g/mol. The zero-order valence-electron chi connectivity index (χ0n) is 20.2. The molecule has 36 heavy (non-hydrogen) atoms. The minimum absolute atomic E-state index is 0.0203. The molecule has 0 radical (unpaired) electrons. The zero-order chi connectivity index (χ0) is 26.0. The smallest absolute Gasteiger partial charge is 0.305 e. The molecule has 2 aliphatic rings. The van der Waals surface area contributed by atoms with Crippen molar-refractivity contribution < 1.29 is 28.7 Å². The maximum absolute atomic E-state index is 13.0. The van der Waals surface area contributed by atoms with Crippen molar-refractivity contribution in [3.05, 3.63) is 62.6 Å². The van der Waals surface area contributed by atoms with Crippen LogP contribution in [0.4, 0.5) is 0 Å². The van der Waals surface area contributed by atoms with E-state index in [0.717, 1.165) is 21.2 Å². The van der Waals surface area contributed by atoms with Gasteiger partial charge in [0, 0.05) is 40.7 Å². The van der Waals surface area contributed by atoms with E-state index in [9.17, 15) is 19.2 Å². The van der Waals surface area contributed by atoms with E-state index in [0.29, 0.717) is 43.0 Å². The Hall–Kier alpha value is -3.40. The summed E-state index contributed by atoms with van der Waals surface area (Å²) < 4.78 is 11.6. The maximum Gasteiger partial charge on any atom is 0.305 e. The number of esters is 1. The van der Waals surface area contributed by atoms with Crippen LogP contribution in [-0.2, 0) is 27.4 Å². The summed E-state index contributed by atoms with van der Waals surface area (Å²) in [6.45, 7) is 3.59. The number of fused-ring (bicyclic) bond motifs is 2. The molecule has 4 rings (SSSR count). The van der Waals surface area contributed by atoms with Gasteiger partial charge in [0.05, 0.1) is 20.3 Å². The van der Waals surface area contributed by atoms with E-state index in [1.807, 2.05) is 19.1 Å². The van der Waals surface area contributed by atoms with E-state index < -0.39 is 17.9 Å². The third-order valence-corrected chi connectivity index (χ3v) is 7.45. The first-order chi connectivity index (χ1) is 17.2. The number of aryl methyl sites for hydroxylation is 1. The fourth-order valence-corrected chi connectivity index (χ4v) is 5.03. The molecule has 2 aromatic rings. The number of amides is 3. The van der Waals surface area contributed by atoms with E-state index >= 15 is 0 Å². The number of carbonyl (C=O) groups is 4. The van der Waals surface area contributed by atoms with Crippen molar-refractivity contribution in [2.24, 2.45) is 5.73 Å². The van der Waals surface area contributed by atoms with Crippen LogP contribution in [-0.4, -0.2) is 59.8 Å². The molecule has 0 saturated carbocycles. The number of carbonyl (C=O) groups excluding carboxylic acids is 4. The predicted octanol–water partition coefficient (Wildman–Crippen LogP) is 2.95. The van der Waals surface area contributed by atoms with E-state index in [2.05, 4.69) is 20.7 Å². The summed E-state index contributed by atoms with van der Waals surface area (Å²) in [6, 6.07) is 8.18. The molecular formula is C26H28BrN3O6. The highest BCUT2D eigenvalue weighted by Gasteiger charge is 2.37. The Balaban J connectivity index is 1.36. The topological polar surface area (TPSA) is 119 Å². The number of primary amides is 1. The summed E-state index contributed by atoms with van der Waals surface area (Å²) >= 11 is 3.52. The van der Waals surface area contributed by atoms with Gasteiger partial charge >= 0.3 is 5.97 Å². The molecule has 0 spiro atoms. The molecule has 2 heterocycles. The number of methoxy groups -OCH3 is 1. The van der Waals surface area contributed by atoms with Gasteiger partial charge in [0.25, 0.3) is 11.8 Å². The largest absolute Gasteiger partial charge is 0.493 e. The molecule has 2 N–H and O–H groups in total. The second-order valence-electron chi connectivity index (χ2n) is 8.94. The lowest BCUT2D eigenvalue weighted by Gasteiger charge is -2.24. The van der Waals surface area contributed by atoms with Gasteiger partial charge in [-0.25, -0.2) is 0 Å². The van der Waals surface area contributed by atoms with Crippen LogP contribution in [0.25, 0.3) is 0 Å². The number of rotatable bonds is 10. The molecule has 0 unspecified atom stereocenters. The highest BCUT2D eigenvalue weighted by molar-refractivity contribution is 9.10. The van der Waals surface area contributed by atoms with Crippen molar-refractivity contribution in [3.8, 4) is 5.75 Å². The van der Waals surface area contributed by atoms with Gasteiger partial charge < -0.3 is 25.0 Å². The molecule has 190 valence electrons. The number of nitrogens with zero attached hydrogens (tertiary/aromatic N) is 2. The monoisotopic (exact) mass is 557 g/mol. The summed E-state index contributed by atoms with van der Waals surface area (Å²) in [5.41, 5.74) is 9.45. The number of nitrogens with two attached hydrogens (primary N) is 1. The highest BCUT2D eigenvalue weighted by atomic mass is 79.9. The van der Waals surface area contributed by atoms with Gasteiger partial charge in [0.1, 0.15) is 11.8 Å². The van der Waals surface area contributed by atoms with E-state index in [1.165, 1.54) is 12.0 Å². The van der Waals surface area contributed by atoms with Crippen molar-refractivity contribution >= 4 is 39.6 Å². The van der Waals surface area contributed by atoms with Crippen LogP contribution >= 0.6 is 15.9 Å². The SMILES string of the molecule is COC(=O)CC[C@@H](C(N)=O)N1Cc2c(OCCCN3Cc4cc(Br)c(C)cc4C3=O)cccc2C1=O. The van der Waals surface area contributed by atoms with Crippen LogP contribution in [0.15, 0.2) is 34.8 Å². The van der Waals surface area contributed by atoms with Crippen LogP contribution in [0, 0.1) is 6.92 Å². The summed E-state index contributed by atoms with van der Waals surface area (Å²) in [7, 11) is 1.26. The molecule has 0 aliphatic carbocycles. The van der Waals surface area contributed by atoms with Crippen molar-refractivity contribution in [1.82, 2.24) is 9.80 Å². The van der Waals surface area contributed by atoms with Gasteiger partial charge in [-0.3, -0.25) is 19.2 Å². The first kappa shape index (κ1) is 25.7. The molecule has 1 atom stereocenters. The van der Waals surface area contributed by atoms with Gasteiger partial charge in [-0.2, -0.15) is 0 Å². The molecule has 0 aromatic heterocycles. The predicted molar refractivity (Wildman–Crippen MR) is 134 cm³/mol. The second-order valence-corrected chi connectivity index (χ2v) is 9.79. The molecule has 3 amide bonds. The molecule has 0 fully saturated rings. The van der Waals surface area contributed by atoms with Crippen molar-refractivity contribution in [2.45, 2.75) is 45.3 Å². The minimum atomic E-state index is -0.927. The van der Waals surface area contributed by atoms with Crippen LogP contribution in [0.1, 0.15) is 56.7 Å². The molecule has 0 saturated heterocycles. The maximum atomic E-state index is 13.0. The number of hydrogen-bond donors (Lipinski definition) is 1. The second kappa shape index (κ2) is 10.7. The van der Waals surface area contributed by atoms with E-state index in [-0.39, 0.29) is 31.2 Å². The Morgan fingerprint density at radius 1 is 1.14 bits per heavy atom. The summed E-state index contributed by atoms with van der Waals surface area (Å²) in [6.07, 6.45) is 0.674. The van der Waals surface area contributed by atoms with Gasteiger partial charge in [-0.1, -0.05) is 22.0 Å². The average molecular weight is 558 g/mol. The third-order valence-electron chi connectivity index (χ3n) is 6.60. The van der Waals surface area contributed by atoms with Crippen molar-refractivity contribution in [2.75, 3.05) is 20.3 Å². The lowest BCUT2D eigenvalue weighted by Crippen LogP contribution is -2.45. The first-order valence-corrected chi connectivity index (χ1v) is 12.5. The fourth-order valence-electron chi connectivity index (χ4n) is 4.64.